The molecular formula is C24H19ClN2. The molecule has 0 unspecified atom stereocenters. The lowest BCUT2D eigenvalue weighted by molar-refractivity contribution is 0.949. The number of hydrogen-bond acceptors (Lipinski definition) is 2. The second-order valence-electron chi connectivity index (χ2n) is 7.32. The molecule has 3 heteroatoms. The lowest BCUT2D eigenvalue weighted by atomic mass is 9.90. The number of halogens is 1. The minimum absolute atomic E-state index is 0.740. The van der Waals surface area contributed by atoms with E-state index in [-0.39, 0.29) is 0 Å². The number of nitrogens with zero attached hydrogens (tertiary/aromatic N) is 2. The molecule has 3 aromatic carbocycles. The molecule has 3 aromatic rings. The number of anilines is 1. The van der Waals surface area contributed by atoms with Gasteiger partial charge in [-0.1, -0.05) is 48.0 Å². The van der Waals surface area contributed by atoms with Crippen molar-refractivity contribution in [3.63, 3.8) is 0 Å². The number of nitriles is 1. The van der Waals surface area contributed by atoms with E-state index >= 15 is 0 Å². The van der Waals surface area contributed by atoms with Crippen LogP contribution in [0, 0.1) is 11.3 Å². The van der Waals surface area contributed by atoms with Crippen LogP contribution < -0.4 is 4.90 Å². The molecule has 1 heterocycles. The van der Waals surface area contributed by atoms with Crippen molar-refractivity contribution in [3.05, 3.63) is 76.3 Å². The van der Waals surface area contributed by atoms with Crippen molar-refractivity contribution < 1.29 is 0 Å². The van der Waals surface area contributed by atoms with Crippen molar-refractivity contribution in [2.24, 2.45) is 0 Å². The smallest absolute Gasteiger partial charge is 0.102 e. The van der Waals surface area contributed by atoms with Gasteiger partial charge in [-0.05, 0) is 64.4 Å². The zero-order valence-electron chi connectivity index (χ0n) is 15.0. The lowest BCUT2D eigenvalue weighted by Gasteiger charge is -2.23. The van der Waals surface area contributed by atoms with E-state index in [0.29, 0.717) is 0 Å². The Morgan fingerprint density at radius 3 is 2.41 bits per heavy atom. The van der Waals surface area contributed by atoms with Gasteiger partial charge >= 0.3 is 0 Å². The molecule has 0 bridgehead atoms. The van der Waals surface area contributed by atoms with Gasteiger partial charge in [0.05, 0.1) is 11.3 Å². The summed E-state index contributed by atoms with van der Waals surface area (Å²) in [5, 5.41) is 10.8. The topological polar surface area (TPSA) is 27.0 Å². The van der Waals surface area contributed by atoms with E-state index in [1.807, 2.05) is 12.1 Å². The third-order valence-corrected chi connectivity index (χ3v) is 6.03. The molecule has 1 aliphatic heterocycles. The fourth-order valence-electron chi connectivity index (χ4n) is 4.51. The van der Waals surface area contributed by atoms with E-state index < -0.39 is 0 Å². The maximum absolute atomic E-state index is 10.0. The molecule has 0 radical (unpaired) electrons. The quantitative estimate of drug-likeness (QED) is 0.429. The SMILES string of the molecule is N#Cc1c(N2CCCC2)cc(-c2ccc(Cl)cc2)c2c1Cc1ccccc1-2. The Morgan fingerprint density at radius 2 is 1.67 bits per heavy atom. The summed E-state index contributed by atoms with van der Waals surface area (Å²) in [6.07, 6.45) is 3.22. The van der Waals surface area contributed by atoms with Gasteiger partial charge in [0.25, 0.3) is 0 Å². The first kappa shape index (κ1) is 16.4. The number of fused-ring (bicyclic) bond motifs is 3. The zero-order valence-corrected chi connectivity index (χ0v) is 15.8. The molecule has 0 N–H and O–H groups in total. The van der Waals surface area contributed by atoms with Crippen molar-refractivity contribution in [1.29, 1.82) is 5.26 Å². The van der Waals surface area contributed by atoms with Gasteiger partial charge < -0.3 is 4.90 Å². The summed E-state index contributed by atoms with van der Waals surface area (Å²) in [6.45, 7) is 2.06. The highest BCUT2D eigenvalue weighted by Crippen LogP contribution is 2.47. The molecule has 0 aromatic heterocycles. The van der Waals surface area contributed by atoms with Crippen LogP contribution in [-0.2, 0) is 6.42 Å². The highest BCUT2D eigenvalue weighted by Gasteiger charge is 2.29. The summed E-state index contributed by atoms with van der Waals surface area (Å²) in [6, 6.07) is 21.3. The summed E-state index contributed by atoms with van der Waals surface area (Å²) in [7, 11) is 0. The molecule has 0 amide bonds. The third-order valence-electron chi connectivity index (χ3n) is 5.78. The van der Waals surface area contributed by atoms with E-state index in [1.54, 1.807) is 0 Å². The molecule has 0 saturated carbocycles. The van der Waals surface area contributed by atoms with Crippen LogP contribution in [0.25, 0.3) is 22.3 Å². The van der Waals surface area contributed by atoms with Gasteiger partial charge in [0, 0.05) is 24.5 Å². The van der Waals surface area contributed by atoms with Gasteiger partial charge in [0.15, 0.2) is 0 Å². The van der Waals surface area contributed by atoms with Crippen LogP contribution >= 0.6 is 11.6 Å². The van der Waals surface area contributed by atoms with Crippen molar-refractivity contribution in [2.75, 3.05) is 18.0 Å². The predicted molar refractivity (Wildman–Crippen MR) is 111 cm³/mol. The Bertz CT molecular complexity index is 1070. The fraction of sp³-hybridized carbons (Fsp3) is 0.208. The molecule has 2 nitrogen and oxygen atoms in total. The molecule has 0 atom stereocenters. The van der Waals surface area contributed by atoms with Gasteiger partial charge in [-0.15, -0.1) is 0 Å². The third kappa shape index (κ3) is 2.62. The van der Waals surface area contributed by atoms with Crippen molar-refractivity contribution in [1.82, 2.24) is 0 Å². The molecule has 132 valence electrons. The monoisotopic (exact) mass is 370 g/mol. The molecular weight excluding hydrogens is 352 g/mol. The fourth-order valence-corrected chi connectivity index (χ4v) is 4.63. The van der Waals surface area contributed by atoms with Crippen molar-refractivity contribution in [2.45, 2.75) is 19.3 Å². The van der Waals surface area contributed by atoms with Crippen LogP contribution in [0.1, 0.15) is 29.5 Å². The molecule has 5 rings (SSSR count). The molecule has 0 spiro atoms. The van der Waals surface area contributed by atoms with Crippen LogP contribution in [0.2, 0.25) is 5.02 Å². The zero-order chi connectivity index (χ0) is 18.4. The van der Waals surface area contributed by atoms with Crippen LogP contribution in [-0.4, -0.2) is 13.1 Å². The van der Waals surface area contributed by atoms with Crippen LogP contribution in [0.3, 0.4) is 0 Å². The van der Waals surface area contributed by atoms with Crippen molar-refractivity contribution >= 4 is 17.3 Å². The van der Waals surface area contributed by atoms with Gasteiger partial charge in [-0.3, -0.25) is 0 Å². The molecule has 1 fully saturated rings. The first-order valence-corrected chi connectivity index (χ1v) is 9.83. The lowest BCUT2D eigenvalue weighted by Crippen LogP contribution is -2.19. The molecule has 1 aliphatic carbocycles. The maximum atomic E-state index is 10.0. The summed E-state index contributed by atoms with van der Waals surface area (Å²) < 4.78 is 0. The van der Waals surface area contributed by atoms with Crippen molar-refractivity contribution in [3.8, 4) is 28.3 Å². The normalized spacial score (nSPS) is 14.7. The van der Waals surface area contributed by atoms with Crippen LogP contribution in [0.15, 0.2) is 54.6 Å². The second-order valence-corrected chi connectivity index (χ2v) is 7.76. The van der Waals surface area contributed by atoms with Gasteiger partial charge in [0.2, 0.25) is 0 Å². The van der Waals surface area contributed by atoms with E-state index in [9.17, 15) is 5.26 Å². The Hall–Kier alpha value is -2.76. The second kappa shape index (κ2) is 6.44. The average Bonchev–Trinajstić information content (AvgIpc) is 3.35. The average molecular weight is 371 g/mol. The largest absolute Gasteiger partial charge is 0.370 e. The highest BCUT2D eigenvalue weighted by molar-refractivity contribution is 6.30. The van der Waals surface area contributed by atoms with Gasteiger partial charge in [0.1, 0.15) is 6.07 Å². The first-order valence-electron chi connectivity index (χ1n) is 9.45. The summed E-state index contributed by atoms with van der Waals surface area (Å²) in [5.41, 5.74) is 9.23. The highest BCUT2D eigenvalue weighted by atomic mass is 35.5. The number of rotatable bonds is 2. The minimum atomic E-state index is 0.740. The summed E-state index contributed by atoms with van der Waals surface area (Å²) >= 11 is 6.13. The van der Waals surface area contributed by atoms with E-state index in [2.05, 4.69) is 53.4 Å². The number of benzene rings is 3. The van der Waals surface area contributed by atoms with Crippen LogP contribution in [0.5, 0.6) is 0 Å². The summed E-state index contributed by atoms with van der Waals surface area (Å²) in [5.74, 6) is 0. The first-order chi connectivity index (χ1) is 13.3. The minimum Gasteiger partial charge on any atom is -0.370 e. The Labute approximate surface area is 164 Å². The maximum Gasteiger partial charge on any atom is 0.102 e. The standard InChI is InChI=1S/C24H19ClN2/c25-18-9-7-16(8-10-18)20-14-23(27-11-3-4-12-27)22(15-26)21-13-17-5-1-2-6-19(17)24(20)21/h1-2,5-10,14H,3-4,11-13H2. The summed E-state index contributed by atoms with van der Waals surface area (Å²) in [4.78, 5) is 2.38. The van der Waals surface area contributed by atoms with E-state index in [1.165, 1.54) is 40.7 Å². The molecule has 27 heavy (non-hydrogen) atoms. The Kier molecular flexibility index (Phi) is 3.92. The number of hydrogen-bond donors (Lipinski definition) is 0. The van der Waals surface area contributed by atoms with Crippen LogP contribution in [0.4, 0.5) is 5.69 Å². The van der Waals surface area contributed by atoms with Gasteiger partial charge in [-0.2, -0.15) is 5.26 Å². The molecule has 1 saturated heterocycles. The van der Waals surface area contributed by atoms with Gasteiger partial charge in [-0.25, -0.2) is 0 Å². The van der Waals surface area contributed by atoms with E-state index in [0.717, 1.165) is 41.3 Å². The Morgan fingerprint density at radius 1 is 0.926 bits per heavy atom. The Balaban J connectivity index is 1.81. The predicted octanol–water partition coefficient (Wildman–Crippen LogP) is 6.05. The molecule has 2 aliphatic rings. The van der Waals surface area contributed by atoms with E-state index in [4.69, 9.17) is 11.6 Å².